The first kappa shape index (κ1) is 46.8. The Morgan fingerprint density at radius 3 is 2.42 bits per heavy atom. The molecule has 1 aromatic rings. The van der Waals surface area contributed by atoms with E-state index in [2.05, 4.69) is 46.2 Å². The van der Waals surface area contributed by atoms with Crippen LogP contribution in [0.4, 0.5) is 0 Å². The molecule has 12 atom stereocenters. The first-order valence-electron chi connectivity index (χ1n) is 24.2. The number of methoxy groups -OCH3 is 3. The molecule has 2 N–H and O–H groups in total. The first-order chi connectivity index (χ1) is 31.5. The number of hydrogen-bond donors (Lipinski definition) is 2. The summed E-state index contributed by atoms with van der Waals surface area (Å²) >= 11 is 0. The normalized spacial score (nSPS) is 38.6. The summed E-state index contributed by atoms with van der Waals surface area (Å²) in [7, 11) is 6.79. The molecule has 14 heteroatoms. The van der Waals surface area contributed by atoms with E-state index in [0.29, 0.717) is 84.9 Å². The molecule has 354 valence electrons. The van der Waals surface area contributed by atoms with Gasteiger partial charge in [0.15, 0.2) is 19.2 Å². The van der Waals surface area contributed by atoms with Gasteiger partial charge in [0.1, 0.15) is 0 Å². The number of hydrogen-bond acceptors (Lipinski definition) is 13. The Hall–Kier alpha value is -4.34. The van der Waals surface area contributed by atoms with Crippen molar-refractivity contribution < 1.29 is 48.3 Å². The summed E-state index contributed by atoms with van der Waals surface area (Å²) in [6, 6.07) is 5.10. The topological polar surface area (TPSA) is 155 Å². The van der Waals surface area contributed by atoms with Crippen LogP contribution in [-0.2, 0) is 38.1 Å². The summed E-state index contributed by atoms with van der Waals surface area (Å²) in [5.74, 6) is -2.47. The highest BCUT2D eigenvalue weighted by Gasteiger charge is 2.81. The molecule has 3 saturated heterocycles. The second-order valence-corrected chi connectivity index (χ2v) is 20.6. The molecule has 1 aromatic carbocycles. The van der Waals surface area contributed by atoms with Gasteiger partial charge < -0.3 is 34.1 Å². The monoisotopic (exact) mass is 905 g/mol. The Kier molecular flexibility index (Phi) is 12.1. The first-order valence-corrected chi connectivity index (χ1v) is 24.2. The van der Waals surface area contributed by atoms with Crippen LogP contribution in [0.1, 0.15) is 90.2 Å². The Bertz CT molecular complexity index is 2360. The number of ketones is 1. The number of likely N-dealkylation sites (tertiary alicyclic amines) is 1. The second-order valence-electron chi connectivity index (χ2n) is 20.6. The Morgan fingerprint density at radius 2 is 1.74 bits per heavy atom. The average Bonchev–Trinajstić information content (AvgIpc) is 3.97. The van der Waals surface area contributed by atoms with E-state index in [-0.39, 0.29) is 23.7 Å². The number of ether oxygens (including phenoxy) is 4. The van der Waals surface area contributed by atoms with Gasteiger partial charge in [0, 0.05) is 82.2 Å². The Morgan fingerprint density at radius 1 is 0.970 bits per heavy atom. The lowest BCUT2D eigenvalue weighted by Crippen LogP contribution is -2.79. The molecular formula is C52H68BN3O10. The van der Waals surface area contributed by atoms with Crippen molar-refractivity contribution in [3.63, 3.8) is 0 Å². The molecule has 13 nitrogen and oxygen atoms in total. The zero-order valence-electron chi connectivity index (χ0n) is 40.1. The van der Waals surface area contributed by atoms with Crippen LogP contribution in [0.15, 0.2) is 65.3 Å². The molecule has 0 amide bonds. The Labute approximate surface area is 390 Å². The second kappa shape index (κ2) is 17.0. The minimum Gasteiger partial charge on any atom is -0.468 e. The lowest BCUT2D eigenvalue weighted by Gasteiger charge is -2.63. The molecule has 3 unspecified atom stereocenters. The minimum absolute atomic E-state index is 0.0758. The number of rotatable bonds is 11. The number of aliphatic hydroxyl groups is 2. The van der Waals surface area contributed by atoms with Gasteiger partial charge in [-0.25, -0.2) is 4.79 Å². The van der Waals surface area contributed by atoms with Crippen LogP contribution in [0.25, 0.3) is 11.6 Å². The van der Waals surface area contributed by atoms with Gasteiger partial charge in [-0.3, -0.25) is 24.2 Å². The molecule has 2 aliphatic carbocycles. The van der Waals surface area contributed by atoms with E-state index in [1.807, 2.05) is 44.9 Å². The standard InChI is InChI=1S/C52H68BN3O10/c1-9-13-34(58)16-14-32-15-17-39-36(24-32)35-18-22-55-29-33(27-48(61,10-2)30-55)28-51(42(35)53-39,46(59)64-7)38-25-37-40(26-41(38)63-6)54(5)44-50(37)20-23-56-21-12-19-49(11-3,43(50)56)45(66-31(4)57)52(44,62)47(60)65-8/h12,14-17,19,24-26,33,38,41,43-45,53,61-62H,9-11,13,18,20-23,27-30H2,1-8H3/b16-14+/t33-,38?,41?,43+,44-,45-,48+,49-,50-,51+,52+/m1/s1. The summed E-state index contributed by atoms with van der Waals surface area (Å²) in [6.45, 7) is 10.6. The zero-order chi connectivity index (χ0) is 47.1. The van der Waals surface area contributed by atoms with Crippen molar-refractivity contribution >= 4 is 48.1 Å². The van der Waals surface area contributed by atoms with E-state index >= 15 is 4.79 Å². The number of carbonyl (C=O) groups is 4. The fourth-order valence-electron chi connectivity index (χ4n) is 15.0. The van der Waals surface area contributed by atoms with Crippen LogP contribution in [0.5, 0.6) is 0 Å². The maximum Gasteiger partial charge on any atom is 0.344 e. The average molecular weight is 906 g/mol. The zero-order valence-corrected chi connectivity index (χ0v) is 40.1. The quantitative estimate of drug-likeness (QED) is 0.109. The van der Waals surface area contributed by atoms with E-state index in [0.717, 1.165) is 45.3 Å². The predicted molar refractivity (Wildman–Crippen MR) is 251 cm³/mol. The van der Waals surface area contributed by atoms with Crippen LogP contribution in [-0.4, -0.2) is 152 Å². The molecule has 0 radical (unpaired) electrons. The number of fused-ring (bicyclic) bond motifs is 5. The fourth-order valence-corrected chi connectivity index (χ4v) is 15.0. The van der Waals surface area contributed by atoms with Crippen LogP contribution >= 0.6 is 0 Å². The van der Waals surface area contributed by atoms with Crippen molar-refractivity contribution in [2.24, 2.45) is 28.1 Å². The molecular weight excluding hydrogens is 837 g/mol. The van der Waals surface area contributed by atoms with Gasteiger partial charge in [0.25, 0.3) is 0 Å². The lowest BCUT2D eigenvalue weighted by atomic mass is 9.46. The minimum atomic E-state index is -2.30. The number of piperidine rings is 1. The summed E-state index contributed by atoms with van der Waals surface area (Å²) in [4.78, 5) is 62.7. The van der Waals surface area contributed by atoms with Crippen molar-refractivity contribution in [2.45, 2.75) is 115 Å². The van der Waals surface area contributed by atoms with Gasteiger partial charge in [-0.2, -0.15) is 0 Å². The van der Waals surface area contributed by atoms with Crippen LogP contribution in [0.3, 0.4) is 0 Å². The van der Waals surface area contributed by atoms with E-state index in [4.69, 9.17) is 18.9 Å². The van der Waals surface area contributed by atoms with E-state index in [9.17, 15) is 24.6 Å². The van der Waals surface area contributed by atoms with E-state index in [1.165, 1.54) is 21.1 Å². The third kappa shape index (κ3) is 6.65. The molecule has 1 saturated carbocycles. The number of likely N-dealkylation sites (N-methyl/N-ethyl adjacent to an activating group) is 1. The van der Waals surface area contributed by atoms with Gasteiger partial charge >= 0.3 is 17.9 Å². The van der Waals surface area contributed by atoms with Crippen molar-refractivity contribution in [3.05, 3.63) is 76.4 Å². The van der Waals surface area contributed by atoms with Crippen LogP contribution in [0, 0.1) is 28.1 Å². The van der Waals surface area contributed by atoms with Crippen molar-refractivity contribution in [1.29, 1.82) is 0 Å². The smallest absolute Gasteiger partial charge is 0.344 e. The lowest BCUT2D eigenvalue weighted by molar-refractivity contribution is -0.243. The molecule has 0 aromatic heterocycles. The molecule has 6 aliphatic heterocycles. The molecule has 9 rings (SSSR count). The number of allylic oxidation sites excluding steroid dienone is 2. The predicted octanol–water partition coefficient (Wildman–Crippen LogP) is 3.92. The van der Waals surface area contributed by atoms with Crippen molar-refractivity contribution in [1.82, 2.24) is 14.7 Å². The van der Waals surface area contributed by atoms with Crippen molar-refractivity contribution in [2.75, 3.05) is 61.1 Å². The third-order valence-corrected chi connectivity index (χ3v) is 17.4. The summed E-state index contributed by atoms with van der Waals surface area (Å²) in [6.07, 6.45) is 14.5. The summed E-state index contributed by atoms with van der Waals surface area (Å²) < 4.78 is 24.4. The van der Waals surface area contributed by atoms with Gasteiger partial charge in [0.05, 0.1) is 37.4 Å². The van der Waals surface area contributed by atoms with Crippen LogP contribution in [0.2, 0.25) is 0 Å². The van der Waals surface area contributed by atoms with Gasteiger partial charge in [0.2, 0.25) is 5.60 Å². The molecule has 66 heavy (non-hydrogen) atoms. The highest BCUT2D eigenvalue weighted by atomic mass is 16.6. The molecule has 4 fully saturated rings. The molecule has 6 heterocycles. The maximum atomic E-state index is 15.7. The number of benzene rings is 1. The molecule has 8 aliphatic rings. The van der Waals surface area contributed by atoms with E-state index in [1.54, 1.807) is 13.2 Å². The maximum absolute atomic E-state index is 15.7. The SMILES string of the molecule is CCCC(=O)/C=C/c1ccc2c(c1)C1=C(B2)[C@@](C(=O)OC)(C2C=C3C(=CC2OC)N(C)[C@H]2[C@@](O)(C(=O)OC)[C@H](OC(C)=O)[C@]4(CC)C=CCN5CC[C@]32[C@@H]54)C[C@@H]2CN(CC1)C[C@](O)(CC)C2. The highest BCUT2D eigenvalue weighted by Crippen LogP contribution is 2.70. The number of esters is 3. The molecule has 2 bridgehead atoms. The van der Waals surface area contributed by atoms with Crippen molar-refractivity contribution in [3.8, 4) is 0 Å². The largest absolute Gasteiger partial charge is 0.468 e. The Balaban J connectivity index is 1.30. The molecule has 1 spiro atoms. The van der Waals surface area contributed by atoms with Gasteiger partial charge in [-0.05, 0) is 97.9 Å². The third-order valence-electron chi connectivity index (χ3n) is 17.4. The van der Waals surface area contributed by atoms with Gasteiger partial charge in [-0.1, -0.05) is 68.1 Å². The van der Waals surface area contributed by atoms with E-state index < -0.39 is 63.6 Å². The van der Waals surface area contributed by atoms with Gasteiger partial charge in [-0.15, -0.1) is 0 Å². The highest BCUT2D eigenvalue weighted by molar-refractivity contribution is 6.67. The fraction of sp³-hybridized carbons (Fsp3) is 0.615. The summed E-state index contributed by atoms with van der Waals surface area (Å²) in [5.41, 5.74) is 0.434. The number of carbonyl (C=O) groups excluding carboxylic acids is 4. The van der Waals surface area contributed by atoms with Crippen LogP contribution < -0.4 is 5.46 Å². The summed E-state index contributed by atoms with van der Waals surface area (Å²) in [5, 5.41) is 25.6. The number of nitrogens with zero attached hydrogens (tertiary/aromatic N) is 3.